The van der Waals surface area contributed by atoms with Gasteiger partial charge < -0.3 is 32.7 Å². The third kappa shape index (κ3) is 9.85. The molecule has 0 saturated carbocycles. The van der Waals surface area contributed by atoms with E-state index in [4.69, 9.17) is 42.7 Å². The van der Waals surface area contributed by atoms with E-state index in [-0.39, 0.29) is 18.8 Å². The molecule has 70 heavy (non-hydrogen) atoms. The molecule has 3 aliphatic rings. The van der Waals surface area contributed by atoms with Crippen molar-refractivity contribution in [2.45, 2.75) is 93.7 Å². The van der Waals surface area contributed by atoms with E-state index in [0.717, 1.165) is 59.7 Å². The molecule has 0 radical (unpaired) electrons. The Labute approximate surface area is 415 Å². The summed E-state index contributed by atoms with van der Waals surface area (Å²) in [6.07, 6.45) is 4.65. The second-order valence-corrected chi connectivity index (χ2v) is 31.3. The van der Waals surface area contributed by atoms with Gasteiger partial charge >= 0.3 is 0 Å². The van der Waals surface area contributed by atoms with Crippen LogP contribution in [0.4, 0.5) is 0 Å². The Balaban J connectivity index is 0.998. The molecule has 6 atom stereocenters. The minimum Gasteiger partial charge on any atom is -0.497 e. The highest BCUT2D eigenvalue weighted by Crippen LogP contribution is 2.59. The van der Waals surface area contributed by atoms with Gasteiger partial charge in [0.25, 0.3) is 8.53 Å². The van der Waals surface area contributed by atoms with Crippen LogP contribution < -0.4 is 24.6 Å². The Morgan fingerprint density at radius 3 is 1.91 bits per heavy atom. The van der Waals surface area contributed by atoms with Crippen molar-refractivity contribution >= 4 is 46.2 Å². The van der Waals surface area contributed by atoms with Gasteiger partial charge in [0.15, 0.2) is 11.2 Å². The van der Waals surface area contributed by atoms with Crippen molar-refractivity contribution in [1.82, 2.24) is 24.2 Å². The van der Waals surface area contributed by atoms with E-state index < -0.39 is 48.7 Å². The van der Waals surface area contributed by atoms with Gasteiger partial charge in [-0.15, -0.1) is 0 Å². The molecular weight excluding hydrogens is 930 g/mol. The minimum atomic E-state index is -2.24. The van der Waals surface area contributed by atoms with Crippen LogP contribution in [0.2, 0.25) is 38.3 Å². The Hall–Kier alpha value is -5.29. The monoisotopic (exact) mass is 993 g/mol. The third-order valence-corrected chi connectivity index (χ3v) is 22.3. The molecule has 5 heterocycles. The number of imidazole rings is 1. The molecule has 3 aliphatic heterocycles. The summed E-state index contributed by atoms with van der Waals surface area (Å²) in [4.78, 5) is 14.1. The van der Waals surface area contributed by atoms with Gasteiger partial charge in [0.05, 0.1) is 46.0 Å². The summed E-state index contributed by atoms with van der Waals surface area (Å²) in [7, 11) is -1.66. The fourth-order valence-corrected chi connectivity index (χ4v) is 17.1. The number of hydrogen-bond acceptors (Lipinski definition) is 11. The highest BCUT2D eigenvalue weighted by molar-refractivity contribution is 7.45. The summed E-state index contributed by atoms with van der Waals surface area (Å²) in [5, 5.41) is 2.82. The lowest BCUT2D eigenvalue weighted by Gasteiger charge is -2.37. The second-order valence-electron chi connectivity index (χ2n) is 20.0. The lowest BCUT2D eigenvalue weighted by molar-refractivity contribution is -0.0906. The van der Waals surface area contributed by atoms with Crippen molar-refractivity contribution in [2.75, 3.05) is 34.0 Å². The van der Waals surface area contributed by atoms with E-state index >= 15 is 0 Å². The molecule has 3 saturated heterocycles. The summed E-state index contributed by atoms with van der Waals surface area (Å²) in [5.74, 6) is 1.99. The van der Waals surface area contributed by atoms with Crippen molar-refractivity contribution in [3.05, 3.63) is 169 Å². The Kier molecular flexibility index (Phi) is 14.4. The number of methoxy groups -OCH3 is 2. The molecular formula is C55H64N5O7PSi2. The van der Waals surface area contributed by atoms with Crippen molar-refractivity contribution in [3.63, 3.8) is 0 Å². The average molecular weight is 994 g/mol. The molecule has 12 nitrogen and oxygen atoms in total. The van der Waals surface area contributed by atoms with Crippen LogP contribution in [-0.2, 0) is 24.1 Å². The van der Waals surface area contributed by atoms with Crippen LogP contribution >= 0.6 is 8.53 Å². The van der Waals surface area contributed by atoms with Crippen LogP contribution in [0.5, 0.6) is 17.4 Å². The number of aromatic nitrogens is 4. The van der Waals surface area contributed by atoms with Gasteiger partial charge in [-0.2, -0.15) is 4.98 Å². The molecule has 0 aliphatic carbocycles. The Bertz CT molecular complexity index is 2720. The lowest BCUT2D eigenvalue weighted by Crippen LogP contribution is -2.58. The van der Waals surface area contributed by atoms with Crippen LogP contribution in [-0.4, -0.2) is 98.7 Å². The lowest BCUT2D eigenvalue weighted by atomic mass is 9.80. The number of fused-ring (bicyclic) bond motifs is 2. The zero-order valence-corrected chi connectivity index (χ0v) is 43.9. The molecule has 0 bridgehead atoms. The summed E-state index contributed by atoms with van der Waals surface area (Å²) < 4.78 is 51.5. The van der Waals surface area contributed by atoms with Gasteiger partial charge in [-0.25, -0.2) is 14.6 Å². The highest BCUT2D eigenvalue weighted by atomic mass is 31.2. The first-order chi connectivity index (χ1) is 34.1. The predicted octanol–water partition coefficient (Wildman–Crippen LogP) is 10.2. The molecule has 10 rings (SSSR count). The van der Waals surface area contributed by atoms with Crippen LogP contribution in [0.15, 0.2) is 152 Å². The largest absolute Gasteiger partial charge is 0.497 e. The third-order valence-electron chi connectivity index (χ3n) is 14.3. The molecule has 15 heteroatoms. The molecule has 0 spiro atoms. The number of benzene rings is 5. The second kappa shape index (κ2) is 20.8. The highest BCUT2D eigenvalue weighted by Gasteiger charge is 2.52. The van der Waals surface area contributed by atoms with Gasteiger partial charge in [0.2, 0.25) is 5.88 Å². The summed E-state index contributed by atoms with van der Waals surface area (Å²) in [6, 6.07) is 51.0. The van der Waals surface area contributed by atoms with Gasteiger partial charge in [0, 0.05) is 27.1 Å². The Morgan fingerprint density at radius 2 is 1.31 bits per heavy atom. The van der Waals surface area contributed by atoms with Crippen LogP contribution in [0.1, 0.15) is 42.2 Å². The average Bonchev–Trinajstić information content (AvgIpc) is 4.21. The van der Waals surface area contributed by atoms with Gasteiger partial charge in [-0.1, -0.05) is 152 Å². The predicted molar refractivity (Wildman–Crippen MR) is 281 cm³/mol. The first kappa shape index (κ1) is 48.3. The summed E-state index contributed by atoms with van der Waals surface area (Å²) in [5.41, 5.74) is 3.03. The maximum Gasteiger partial charge on any atom is 0.259 e. The van der Waals surface area contributed by atoms with Gasteiger partial charge in [-0.05, 0) is 65.9 Å². The van der Waals surface area contributed by atoms with Crippen molar-refractivity contribution in [3.8, 4) is 17.4 Å². The smallest absolute Gasteiger partial charge is 0.259 e. The maximum atomic E-state index is 7.53. The standard InChI is InChI=1S/C55H64N5O7PSi2/c1-61-43-28-24-41(25-29-43)55(40-17-10-7-11-18-40,42-26-30-44(62-2)31-27-42)64-36-49-48(35-51(65-49)59-39-58-52-53(59)56-38-57-54(52)63-33-34-69(3,4)5)66-68-60-32-16-23-47(60)50(67-68)37-70(6,45-19-12-8-13-20-45)46-21-14-9-15-22-46/h7-15,17-22,24-31,38-39,47-51H,16,23,32-37H2,1-6H3/t47?,48-,49+,50?,51+,68?/m0/s1. The van der Waals surface area contributed by atoms with E-state index in [1.807, 2.05) is 34.9 Å². The van der Waals surface area contributed by atoms with E-state index in [1.54, 1.807) is 26.9 Å². The van der Waals surface area contributed by atoms with Crippen LogP contribution in [0.25, 0.3) is 11.2 Å². The number of hydrogen-bond donors (Lipinski definition) is 0. The molecule has 7 aromatic rings. The minimum absolute atomic E-state index is 0.0167. The van der Waals surface area contributed by atoms with Crippen molar-refractivity contribution < 1.29 is 32.7 Å². The zero-order chi connectivity index (χ0) is 48.3. The van der Waals surface area contributed by atoms with E-state index in [2.05, 4.69) is 145 Å². The molecule has 2 aromatic heterocycles. The SMILES string of the molecule is COc1ccc(C(OC[C@H]2O[C@@H](n3cnc4c(OCC[Si](C)(C)C)ncnc43)C[C@@H]2OP2OC(C[Si](C)(c3ccccc3)c3ccccc3)C3CCCN32)(c2ccccc2)c2ccc(OC)cc2)cc1. The van der Waals surface area contributed by atoms with E-state index in [1.165, 1.54) is 10.4 Å². The van der Waals surface area contributed by atoms with Crippen molar-refractivity contribution in [1.29, 1.82) is 0 Å². The van der Waals surface area contributed by atoms with Gasteiger partial charge in [-0.3, -0.25) is 4.57 Å². The normalized spacial score (nSPS) is 21.8. The fourth-order valence-electron chi connectivity index (χ4n) is 10.4. The molecule has 364 valence electrons. The zero-order valence-electron chi connectivity index (χ0n) is 41.0. The topological polar surface area (TPSA) is 111 Å². The number of nitrogens with zero attached hydrogens (tertiary/aromatic N) is 5. The quantitative estimate of drug-likeness (QED) is 0.0439. The summed E-state index contributed by atoms with van der Waals surface area (Å²) in [6.45, 7) is 11.2. The number of rotatable bonds is 19. The van der Waals surface area contributed by atoms with Crippen LogP contribution in [0.3, 0.4) is 0 Å². The molecule has 3 fully saturated rings. The first-order valence-electron chi connectivity index (χ1n) is 24.5. The van der Waals surface area contributed by atoms with E-state index in [0.29, 0.717) is 30.1 Å². The number of ether oxygens (including phenoxy) is 5. The first-order valence-corrected chi connectivity index (χ1v) is 32.1. The van der Waals surface area contributed by atoms with E-state index in [9.17, 15) is 0 Å². The molecule has 3 unspecified atom stereocenters. The fraction of sp³-hybridized carbons (Fsp3) is 0.364. The van der Waals surface area contributed by atoms with Crippen LogP contribution in [0, 0.1) is 0 Å². The van der Waals surface area contributed by atoms with Gasteiger partial charge in [0.1, 0.15) is 43.8 Å². The maximum absolute atomic E-state index is 7.53. The van der Waals surface area contributed by atoms with Crippen molar-refractivity contribution in [2.24, 2.45) is 0 Å². The Morgan fingerprint density at radius 1 is 0.714 bits per heavy atom. The molecule has 5 aromatic carbocycles. The molecule has 0 amide bonds. The summed E-state index contributed by atoms with van der Waals surface area (Å²) >= 11 is 0. The molecule has 0 N–H and O–H groups in total.